The van der Waals surface area contributed by atoms with Crippen LogP contribution in [0.1, 0.15) is 39.3 Å². The van der Waals surface area contributed by atoms with Crippen molar-refractivity contribution in [3.63, 3.8) is 0 Å². The van der Waals surface area contributed by atoms with Crippen molar-refractivity contribution in [1.29, 1.82) is 0 Å². The molecular weight excluding hydrogens is 258 g/mol. The Balaban J connectivity index is 3.11. The van der Waals surface area contributed by atoms with E-state index < -0.39 is 5.97 Å². The summed E-state index contributed by atoms with van der Waals surface area (Å²) in [6.45, 7) is 7.83. The number of methoxy groups -OCH3 is 1. The van der Waals surface area contributed by atoms with Crippen LogP contribution in [0.3, 0.4) is 0 Å². The Bertz CT molecular complexity index is 479. The highest BCUT2D eigenvalue weighted by Gasteiger charge is 2.29. The Morgan fingerprint density at radius 3 is 2.45 bits per heavy atom. The minimum atomic E-state index is -0.863. The molecule has 0 amide bonds. The summed E-state index contributed by atoms with van der Waals surface area (Å²) in [4.78, 5) is 13.0. The van der Waals surface area contributed by atoms with E-state index in [1.165, 1.54) is 7.11 Å². The van der Waals surface area contributed by atoms with Crippen molar-refractivity contribution in [2.75, 3.05) is 13.7 Å². The second-order valence-corrected chi connectivity index (χ2v) is 5.80. The molecule has 1 atom stereocenters. The van der Waals surface area contributed by atoms with Gasteiger partial charge in [-0.05, 0) is 45.4 Å². The molecule has 0 saturated carbocycles. The molecule has 1 rings (SSSR count). The molecule has 0 saturated heterocycles. The number of hydrogen-bond acceptors (Lipinski definition) is 4. The first-order chi connectivity index (χ1) is 9.16. The Hall–Kier alpha value is -1.75. The number of carboxylic acid groups (broad SMARTS) is 1. The number of ether oxygens (including phenoxy) is 1. The zero-order valence-corrected chi connectivity index (χ0v) is 12.7. The summed E-state index contributed by atoms with van der Waals surface area (Å²) in [5, 5.41) is 18.7. The van der Waals surface area contributed by atoms with Crippen LogP contribution in [0.2, 0.25) is 0 Å². The van der Waals surface area contributed by atoms with Gasteiger partial charge in [0, 0.05) is 11.6 Å². The molecule has 0 aromatic heterocycles. The highest BCUT2D eigenvalue weighted by atomic mass is 16.5. The number of benzene rings is 1. The summed E-state index contributed by atoms with van der Waals surface area (Å²) in [5.41, 5.74) is 0.610. The number of carboxylic acids is 1. The van der Waals surface area contributed by atoms with Crippen molar-refractivity contribution in [3.05, 3.63) is 23.8 Å². The standard InChI is InChI=1S/C15H23NO4/c1-10(16(9-14(18)19)15(2,3)4)11-6-7-12(17)13(8-11)20-5/h6-8,10,17H,9H2,1-5H3,(H,18,19). The summed E-state index contributed by atoms with van der Waals surface area (Å²) < 4.78 is 5.10. The SMILES string of the molecule is COc1cc(C(C)N(CC(=O)O)C(C)(C)C)ccc1O. The average Bonchev–Trinajstić information content (AvgIpc) is 2.34. The maximum Gasteiger partial charge on any atom is 0.317 e. The van der Waals surface area contributed by atoms with Gasteiger partial charge in [-0.25, -0.2) is 0 Å². The fourth-order valence-electron chi connectivity index (χ4n) is 2.23. The molecular formula is C15H23NO4. The number of aliphatic carboxylic acids is 1. The molecule has 112 valence electrons. The van der Waals surface area contributed by atoms with Crippen LogP contribution < -0.4 is 4.74 Å². The third-order valence-electron chi connectivity index (χ3n) is 3.32. The van der Waals surface area contributed by atoms with Crippen molar-refractivity contribution in [1.82, 2.24) is 4.90 Å². The van der Waals surface area contributed by atoms with Gasteiger partial charge >= 0.3 is 5.97 Å². The average molecular weight is 281 g/mol. The fraction of sp³-hybridized carbons (Fsp3) is 0.533. The second-order valence-electron chi connectivity index (χ2n) is 5.80. The van der Waals surface area contributed by atoms with Crippen LogP contribution in [-0.4, -0.2) is 40.3 Å². The van der Waals surface area contributed by atoms with E-state index in [2.05, 4.69) is 0 Å². The molecule has 0 aliphatic rings. The molecule has 0 fully saturated rings. The molecule has 0 bridgehead atoms. The van der Waals surface area contributed by atoms with Crippen molar-refractivity contribution in [2.24, 2.45) is 0 Å². The number of rotatable bonds is 5. The van der Waals surface area contributed by atoms with Gasteiger partial charge in [0.2, 0.25) is 0 Å². The van der Waals surface area contributed by atoms with E-state index >= 15 is 0 Å². The van der Waals surface area contributed by atoms with Gasteiger partial charge in [-0.3, -0.25) is 9.69 Å². The van der Waals surface area contributed by atoms with Gasteiger partial charge in [-0.1, -0.05) is 6.07 Å². The smallest absolute Gasteiger partial charge is 0.317 e. The van der Waals surface area contributed by atoms with Crippen molar-refractivity contribution in [3.8, 4) is 11.5 Å². The Morgan fingerprint density at radius 1 is 1.40 bits per heavy atom. The first kappa shape index (κ1) is 16.3. The predicted molar refractivity (Wildman–Crippen MR) is 77.2 cm³/mol. The van der Waals surface area contributed by atoms with E-state index in [9.17, 15) is 9.90 Å². The molecule has 1 aromatic carbocycles. The van der Waals surface area contributed by atoms with Gasteiger partial charge in [-0.2, -0.15) is 0 Å². The number of carbonyl (C=O) groups is 1. The maximum atomic E-state index is 11.1. The van der Waals surface area contributed by atoms with Gasteiger partial charge in [0.25, 0.3) is 0 Å². The molecule has 1 unspecified atom stereocenters. The van der Waals surface area contributed by atoms with Gasteiger partial charge in [-0.15, -0.1) is 0 Å². The lowest BCUT2D eigenvalue weighted by atomic mass is 9.98. The number of phenolic OH excluding ortho intramolecular Hbond substituents is 1. The number of aromatic hydroxyl groups is 1. The first-order valence-electron chi connectivity index (χ1n) is 6.52. The minimum absolute atomic E-state index is 0.0478. The molecule has 0 radical (unpaired) electrons. The van der Waals surface area contributed by atoms with Crippen LogP contribution in [-0.2, 0) is 4.79 Å². The summed E-state index contributed by atoms with van der Waals surface area (Å²) in [5.74, 6) is -0.403. The van der Waals surface area contributed by atoms with E-state index in [0.717, 1.165) is 5.56 Å². The quantitative estimate of drug-likeness (QED) is 0.868. The summed E-state index contributed by atoms with van der Waals surface area (Å²) in [6, 6.07) is 4.97. The summed E-state index contributed by atoms with van der Waals surface area (Å²) in [6.07, 6.45) is 0. The third kappa shape index (κ3) is 3.87. The number of nitrogens with zero attached hydrogens (tertiary/aromatic N) is 1. The highest BCUT2D eigenvalue weighted by molar-refractivity contribution is 5.69. The lowest BCUT2D eigenvalue weighted by molar-refractivity contribution is -0.140. The van der Waals surface area contributed by atoms with Gasteiger partial charge < -0.3 is 14.9 Å². The topological polar surface area (TPSA) is 70.0 Å². The molecule has 0 heterocycles. The lowest BCUT2D eigenvalue weighted by Crippen LogP contribution is -2.45. The van der Waals surface area contributed by atoms with Crippen LogP contribution in [0, 0.1) is 0 Å². The third-order valence-corrected chi connectivity index (χ3v) is 3.32. The largest absolute Gasteiger partial charge is 0.504 e. The number of hydrogen-bond donors (Lipinski definition) is 2. The van der Waals surface area contributed by atoms with Crippen LogP contribution in [0.5, 0.6) is 11.5 Å². The van der Waals surface area contributed by atoms with Gasteiger partial charge in [0.05, 0.1) is 13.7 Å². The van der Waals surface area contributed by atoms with Crippen LogP contribution in [0.15, 0.2) is 18.2 Å². The zero-order chi connectivity index (χ0) is 15.5. The Kier molecular flexibility index (Phi) is 5.00. The Labute approximate surface area is 119 Å². The maximum absolute atomic E-state index is 11.1. The minimum Gasteiger partial charge on any atom is -0.504 e. The Morgan fingerprint density at radius 2 is 2.00 bits per heavy atom. The monoisotopic (exact) mass is 281 g/mol. The van der Waals surface area contributed by atoms with Gasteiger partial charge in [0.1, 0.15) is 0 Å². The lowest BCUT2D eigenvalue weighted by Gasteiger charge is -2.39. The molecule has 0 spiro atoms. The molecule has 1 aromatic rings. The van der Waals surface area contributed by atoms with Crippen molar-refractivity contribution in [2.45, 2.75) is 39.3 Å². The van der Waals surface area contributed by atoms with Crippen LogP contribution >= 0.6 is 0 Å². The summed E-state index contributed by atoms with van der Waals surface area (Å²) >= 11 is 0. The second kappa shape index (κ2) is 6.13. The molecule has 2 N–H and O–H groups in total. The van der Waals surface area contributed by atoms with E-state index in [4.69, 9.17) is 9.84 Å². The van der Waals surface area contributed by atoms with Gasteiger partial charge in [0.15, 0.2) is 11.5 Å². The molecule has 5 nitrogen and oxygen atoms in total. The van der Waals surface area contributed by atoms with E-state index in [1.807, 2.05) is 32.6 Å². The van der Waals surface area contributed by atoms with E-state index in [1.54, 1.807) is 18.2 Å². The van der Waals surface area contributed by atoms with E-state index in [-0.39, 0.29) is 23.9 Å². The molecule has 20 heavy (non-hydrogen) atoms. The highest BCUT2D eigenvalue weighted by Crippen LogP contribution is 2.33. The molecule has 0 aliphatic heterocycles. The summed E-state index contributed by atoms with van der Waals surface area (Å²) in [7, 11) is 1.49. The number of phenols is 1. The molecule has 0 aliphatic carbocycles. The van der Waals surface area contributed by atoms with E-state index in [0.29, 0.717) is 5.75 Å². The van der Waals surface area contributed by atoms with Crippen molar-refractivity contribution >= 4 is 5.97 Å². The van der Waals surface area contributed by atoms with Crippen molar-refractivity contribution < 1.29 is 19.7 Å². The fourth-order valence-corrected chi connectivity index (χ4v) is 2.23. The normalized spacial score (nSPS) is 13.3. The predicted octanol–water partition coefficient (Wildman–Crippen LogP) is 2.65. The van der Waals surface area contributed by atoms with Crippen LogP contribution in [0.25, 0.3) is 0 Å². The first-order valence-corrected chi connectivity index (χ1v) is 6.52. The zero-order valence-electron chi connectivity index (χ0n) is 12.7. The molecule has 5 heteroatoms. The van der Waals surface area contributed by atoms with Crippen LogP contribution in [0.4, 0.5) is 0 Å².